The molecule has 2 nitrogen and oxygen atoms in total. The first-order chi connectivity index (χ1) is 7.81. The number of benzene rings is 1. The zero-order valence-corrected chi connectivity index (χ0v) is 10.0. The summed E-state index contributed by atoms with van der Waals surface area (Å²) in [6.45, 7) is 3.81. The van der Waals surface area contributed by atoms with E-state index in [0.29, 0.717) is 0 Å². The molecule has 0 saturated heterocycles. The van der Waals surface area contributed by atoms with Gasteiger partial charge in [-0.2, -0.15) is 0 Å². The van der Waals surface area contributed by atoms with E-state index in [1.165, 1.54) is 0 Å². The molecule has 1 rings (SSSR count). The monoisotopic (exact) mass is 219 g/mol. The van der Waals surface area contributed by atoms with Crippen LogP contribution in [0.1, 0.15) is 24.8 Å². The summed E-state index contributed by atoms with van der Waals surface area (Å²) in [6.07, 6.45) is 7.43. The van der Waals surface area contributed by atoms with Gasteiger partial charge in [-0.15, -0.1) is 0 Å². The average molecular weight is 219 g/mol. The van der Waals surface area contributed by atoms with E-state index < -0.39 is 0 Å². The molecular weight excluding hydrogens is 200 g/mol. The predicted octanol–water partition coefficient (Wildman–Crippen LogP) is 3.72. The van der Waals surface area contributed by atoms with Gasteiger partial charge in [-0.1, -0.05) is 31.6 Å². The molecular formula is C14H19O2. The van der Waals surface area contributed by atoms with E-state index in [1.54, 1.807) is 14.2 Å². The van der Waals surface area contributed by atoms with Gasteiger partial charge in [0.25, 0.3) is 0 Å². The second-order valence-electron chi connectivity index (χ2n) is 3.51. The summed E-state index contributed by atoms with van der Waals surface area (Å²) in [5.41, 5.74) is 1.13. The summed E-state index contributed by atoms with van der Waals surface area (Å²) in [5.74, 6) is 1.53. The predicted molar refractivity (Wildman–Crippen MR) is 67.8 cm³/mol. The molecule has 0 atom stereocenters. The van der Waals surface area contributed by atoms with Gasteiger partial charge in [0, 0.05) is 0 Å². The fourth-order valence-corrected chi connectivity index (χ4v) is 1.44. The molecule has 87 valence electrons. The second kappa shape index (κ2) is 6.94. The Hall–Kier alpha value is -1.44. The van der Waals surface area contributed by atoms with E-state index >= 15 is 0 Å². The summed E-state index contributed by atoms with van der Waals surface area (Å²) in [7, 11) is 3.29. The highest BCUT2D eigenvalue weighted by atomic mass is 16.5. The molecule has 0 aromatic heterocycles. The lowest BCUT2D eigenvalue weighted by Gasteiger charge is -2.07. The highest BCUT2D eigenvalue weighted by Gasteiger charge is 2.02. The number of hydrogen-bond donors (Lipinski definition) is 0. The molecule has 1 aromatic rings. The Balaban J connectivity index is 2.71. The van der Waals surface area contributed by atoms with Crippen LogP contribution in [0.5, 0.6) is 11.5 Å². The number of allylic oxidation sites excluding steroid dienone is 1. The summed E-state index contributed by atoms with van der Waals surface area (Å²) < 4.78 is 10.4. The third-order valence-corrected chi connectivity index (χ3v) is 2.34. The molecule has 0 amide bonds. The third-order valence-electron chi connectivity index (χ3n) is 2.34. The highest BCUT2D eigenvalue weighted by Crippen LogP contribution is 2.27. The minimum atomic E-state index is 0.761. The second-order valence-corrected chi connectivity index (χ2v) is 3.51. The van der Waals surface area contributed by atoms with Crippen LogP contribution in [-0.2, 0) is 0 Å². The molecule has 16 heavy (non-hydrogen) atoms. The zero-order chi connectivity index (χ0) is 11.8. The van der Waals surface area contributed by atoms with Crippen LogP contribution in [0.25, 0.3) is 6.08 Å². The van der Waals surface area contributed by atoms with Crippen LogP contribution in [0, 0.1) is 6.92 Å². The fraction of sp³-hybridized carbons (Fsp3) is 0.357. The summed E-state index contributed by atoms with van der Waals surface area (Å²) >= 11 is 0. The van der Waals surface area contributed by atoms with Crippen LogP contribution in [0.15, 0.2) is 24.3 Å². The molecule has 0 saturated carbocycles. The molecule has 0 unspecified atom stereocenters. The Bertz CT molecular complexity index is 343. The molecule has 0 bridgehead atoms. The van der Waals surface area contributed by atoms with Crippen molar-refractivity contribution >= 4 is 6.08 Å². The number of hydrogen-bond acceptors (Lipinski definition) is 2. The van der Waals surface area contributed by atoms with Crippen molar-refractivity contribution in [2.75, 3.05) is 14.2 Å². The molecule has 0 spiro atoms. The van der Waals surface area contributed by atoms with Gasteiger partial charge in [-0.3, -0.25) is 0 Å². The first-order valence-corrected chi connectivity index (χ1v) is 5.49. The molecule has 0 fully saturated rings. The maximum absolute atomic E-state index is 5.24. The Kier molecular flexibility index (Phi) is 5.48. The molecule has 1 radical (unpaired) electrons. The van der Waals surface area contributed by atoms with Gasteiger partial charge in [-0.25, -0.2) is 0 Å². The summed E-state index contributed by atoms with van der Waals surface area (Å²) in [6, 6.07) is 5.90. The van der Waals surface area contributed by atoms with Crippen LogP contribution in [0.2, 0.25) is 0 Å². The van der Waals surface area contributed by atoms with Crippen molar-refractivity contribution in [2.45, 2.75) is 19.3 Å². The summed E-state index contributed by atoms with van der Waals surface area (Å²) in [4.78, 5) is 0. The van der Waals surface area contributed by atoms with Crippen molar-refractivity contribution in [3.05, 3.63) is 36.8 Å². The summed E-state index contributed by atoms with van der Waals surface area (Å²) in [5, 5.41) is 0. The van der Waals surface area contributed by atoms with E-state index in [-0.39, 0.29) is 0 Å². The molecule has 0 aliphatic carbocycles. The van der Waals surface area contributed by atoms with Gasteiger partial charge in [-0.05, 0) is 30.5 Å². The number of ether oxygens (including phenoxy) is 2. The zero-order valence-electron chi connectivity index (χ0n) is 10.0. The highest BCUT2D eigenvalue weighted by molar-refractivity contribution is 5.55. The Morgan fingerprint density at radius 1 is 1.19 bits per heavy atom. The standard InChI is InChI=1S/C14H19O2/c1-4-5-6-7-8-12-9-10-13(15-2)14(11-12)16-3/h7-11H,1,4-6H2,2-3H3/b8-7+. The lowest BCUT2D eigenvalue weighted by Crippen LogP contribution is -1.90. The molecule has 0 N–H and O–H groups in total. The van der Waals surface area contributed by atoms with Gasteiger partial charge in [0.05, 0.1) is 14.2 Å². The minimum Gasteiger partial charge on any atom is -0.493 e. The van der Waals surface area contributed by atoms with E-state index in [4.69, 9.17) is 9.47 Å². The number of unbranched alkanes of at least 4 members (excludes halogenated alkanes) is 2. The van der Waals surface area contributed by atoms with Crippen molar-refractivity contribution in [1.29, 1.82) is 0 Å². The van der Waals surface area contributed by atoms with Gasteiger partial charge in [0.2, 0.25) is 0 Å². The van der Waals surface area contributed by atoms with Crippen molar-refractivity contribution in [3.8, 4) is 11.5 Å². The number of methoxy groups -OCH3 is 2. The lowest BCUT2D eigenvalue weighted by atomic mass is 10.1. The third kappa shape index (κ3) is 3.61. The van der Waals surface area contributed by atoms with E-state index in [9.17, 15) is 0 Å². The van der Waals surface area contributed by atoms with Crippen LogP contribution in [0.4, 0.5) is 0 Å². The normalized spacial score (nSPS) is 10.7. The molecule has 1 aromatic carbocycles. The lowest BCUT2D eigenvalue weighted by molar-refractivity contribution is 0.355. The van der Waals surface area contributed by atoms with E-state index in [2.05, 4.69) is 19.1 Å². The van der Waals surface area contributed by atoms with Crippen LogP contribution < -0.4 is 9.47 Å². The Morgan fingerprint density at radius 2 is 1.94 bits per heavy atom. The SMILES string of the molecule is [CH2]CCC/C=C/c1ccc(OC)c(OC)c1. The van der Waals surface area contributed by atoms with E-state index in [0.717, 1.165) is 36.3 Å². The van der Waals surface area contributed by atoms with Crippen LogP contribution in [-0.4, -0.2) is 14.2 Å². The first kappa shape index (κ1) is 12.6. The van der Waals surface area contributed by atoms with Crippen molar-refractivity contribution in [1.82, 2.24) is 0 Å². The van der Waals surface area contributed by atoms with Crippen LogP contribution >= 0.6 is 0 Å². The largest absolute Gasteiger partial charge is 0.493 e. The maximum atomic E-state index is 5.24. The van der Waals surface area contributed by atoms with Crippen LogP contribution in [0.3, 0.4) is 0 Å². The van der Waals surface area contributed by atoms with Gasteiger partial charge in [0.15, 0.2) is 11.5 Å². The maximum Gasteiger partial charge on any atom is 0.161 e. The molecule has 0 heterocycles. The molecule has 0 aliphatic rings. The Labute approximate surface area is 97.9 Å². The minimum absolute atomic E-state index is 0.761. The van der Waals surface area contributed by atoms with Gasteiger partial charge in [0.1, 0.15) is 0 Å². The molecule has 2 heteroatoms. The number of rotatable bonds is 6. The molecule has 0 aliphatic heterocycles. The van der Waals surface area contributed by atoms with Crippen molar-refractivity contribution in [3.63, 3.8) is 0 Å². The van der Waals surface area contributed by atoms with Gasteiger partial charge < -0.3 is 9.47 Å². The van der Waals surface area contributed by atoms with Crippen molar-refractivity contribution < 1.29 is 9.47 Å². The average Bonchev–Trinajstić information content (AvgIpc) is 2.34. The smallest absolute Gasteiger partial charge is 0.161 e. The quantitative estimate of drug-likeness (QED) is 0.679. The first-order valence-electron chi connectivity index (χ1n) is 5.49. The Morgan fingerprint density at radius 3 is 2.56 bits per heavy atom. The topological polar surface area (TPSA) is 18.5 Å². The van der Waals surface area contributed by atoms with E-state index in [1.807, 2.05) is 18.2 Å². The van der Waals surface area contributed by atoms with Crippen molar-refractivity contribution in [2.24, 2.45) is 0 Å². The fourth-order valence-electron chi connectivity index (χ4n) is 1.44. The van der Waals surface area contributed by atoms with Gasteiger partial charge >= 0.3 is 0 Å².